The second-order valence-corrected chi connectivity index (χ2v) is 5.70. The first-order valence-electron chi connectivity index (χ1n) is 6.61. The van der Waals surface area contributed by atoms with E-state index in [0.717, 1.165) is 5.56 Å². The van der Waals surface area contributed by atoms with Crippen LogP contribution < -0.4 is 5.32 Å². The third kappa shape index (κ3) is 2.43. The molecule has 2 N–H and O–H groups in total. The SMILES string of the molecule is Cc1ccc(NC(=O)C2C3C=CC(O3)C2C(=O)O)cc1Cl. The molecular weight excluding hydrogens is 294 g/mol. The molecule has 4 atom stereocenters. The average molecular weight is 308 g/mol. The number of fused-ring (bicyclic) bond motifs is 2. The molecule has 1 aromatic rings. The Morgan fingerprint density at radius 2 is 1.90 bits per heavy atom. The zero-order chi connectivity index (χ0) is 15.1. The molecule has 5 nitrogen and oxygen atoms in total. The topological polar surface area (TPSA) is 75.6 Å². The third-order valence-electron chi connectivity index (χ3n) is 3.93. The second-order valence-electron chi connectivity index (χ2n) is 5.29. The molecule has 2 aliphatic heterocycles. The van der Waals surface area contributed by atoms with Crippen LogP contribution in [-0.2, 0) is 14.3 Å². The summed E-state index contributed by atoms with van der Waals surface area (Å²) in [7, 11) is 0. The number of nitrogens with one attached hydrogen (secondary N) is 1. The van der Waals surface area contributed by atoms with Crippen molar-refractivity contribution >= 4 is 29.2 Å². The summed E-state index contributed by atoms with van der Waals surface area (Å²) < 4.78 is 5.48. The zero-order valence-electron chi connectivity index (χ0n) is 11.2. The lowest BCUT2D eigenvalue weighted by atomic mass is 9.82. The van der Waals surface area contributed by atoms with Gasteiger partial charge in [0, 0.05) is 10.7 Å². The molecule has 2 bridgehead atoms. The lowest BCUT2D eigenvalue weighted by molar-refractivity contribution is -0.145. The number of hydrogen-bond donors (Lipinski definition) is 2. The lowest BCUT2D eigenvalue weighted by Crippen LogP contribution is -2.39. The van der Waals surface area contributed by atoms with Crippen molar-refractivity contribution in [1.29, 1.82) is 0 Å². The number of carboxylic acid groups (broad SMARTS) is 1. The fraction of sp³-hybridized carbons (Fsp3) is 0.333. The van der Waals surface area contributed by atoms with Gasteiger partial charge in [0.2, 0.25) is 5.91 Å². The maximum absolute atomic E-state index is 12.4. The van der Waals surface area contributed by atoms with Gasteiger partial charge in [0.25, 0.3) is 0 Å². The normalized spacial score (nSPS) is 29.6. The fourth-order valence-corrected chi connectivity index (χ4v) is 2.99. The first-order valence-corrected chi connectivity index (χ1v) is 6.99. The monoisotopic (exact) mass is 307 g/mol. The Hall–Kier alpha value is -1.85. The molecule has 3 rings (SSSR count). The van der Waals surface area contributed by atoms with Gasteiger partial charge in [-0.15, -0.1) is 0 Å². The number of halogens is 1. The molecule has 0 aromatic heterocycles. The van der Waals surface area contributed by atoms with Gasteiger partial charge in [-0.2, -0.15) is 0 Å². The maximum Gasteiger partial charge on any atom is 0.310 e. The van der Waals surface area contributed by atoms with Crippen molar-refractivity contribution < 1.29 is 19.4 Å². The Kier molecular flexibility index (Phi) is 3.47. The second kappa shape index (κ2) is 5.16. The summed E-state index contributed by atoms with van der Waals surface area (Å²) >= 11 is 6.02. The molecule has 0 saturated carbocycles. The summed E-state index contributed by atoms with van der Waals surface area (Å²) in [6, 6.07) is 5.18. The molecular formula is C15H14ClNO4. The van der Waals surface area contributed by atoms with Gasteiger partial charge >= 0.3 is 5.97 Å². The number of rotatable bonds is 3. The Labute approximate surface area is 126 Å². The van der Waals surface area contributed by atoms with Crippen LogP contribution in [0.15, 0.2) is 30.4 Å². The van der Waals surface area contributed by atoms with Gasteiger partial charge < -0.3 is 15.2 Å². The molecule has 110 valence electrons. The fourth-order valence-electron chi connectivity index (χ4n) is 2.81. The van der Waals surface area contributed by atoms with E-state index < -0.39 is 30.0 Å². The molecule has 0 aliphatic carbocycles. The molecule has 4 unspecified atom stereocenters. The molecule has 1 aromatic carbocycles. The predicted molar refractivity (Wildman–Crippen MR) is 77.2 cm³/mol. The average Bonchev–Trinajstić information content (AvgIpc) is 3.03. The molecule has 0 radical (unpaired) electrons. The van der Waals surface area contributed by atoms with E-state index in [-0.39, 0.29) is 5.91 Å². The number of carbonyl (C=O) groups excluding carboxylic acids is 1. The zero-order valence-corrected chi connectivity index (χ0v) is 12.0. The van der Waals surface area contributed by atoms with E-state index in [1.807, 2.05) is 6.92 Å². The highest BCUT2D eigenvalue weighted by molar-refractivity contribution is 6.31. The van der Waals surface area contributed by atoms with Crippen LogP contribution in [0, 0.1) is 18.8 Å². The molecule has 2 heterocycles. The number of carbonyl (C=O) groups is 2. The molecule has 1 amide bonds. The Morgan fingerprint density at radius 1 is 1.24 bits per heavy atom. The van der Waals surface area contributed by atoms with Gasteiger partial charge in [0.1, 0.15) is 5.92 Å². The van der Waals surface area contributed by atoms with Crippen LogP contribution in [0.4, 0.5) is 5.69 Å². The lowest BCUT2D eigenvalue weighted by Gasteiger charge is -2.21. The van der Waals surface area contributed by atoms with Crippen LogP contribution in [0.3, 0.4) is 0 Å². The van der Waals surface area contributed by atoms with Crippen LogP contribution in [0.25, 0.3) is 0 Å². The largest absolute Gasteiger partial charge is 0.481 e. The van der Waals surface area contributed by atoms with Crippen molar-refractivity contribution in [2.45, 2.75) is 19.1 Å². The minimum atomic E-state index is -1.02. The van der Waals surface area contributed by atoms with Crippen molar-refractivity contribution in [3.63, 3.8) is 0 Å². The number of hydrogen-bond acceptors (Lipinski definition) is 3. The predicted octanol–water partition coefficient (Wildman–Crippen LogP) is 2.24. The first kappa shape index (κ1) is 14.1. The Balaban J connectivity index is 1.80. The minimum Gasteiger partial charge on any atom is -0.481 e. The number of amides is 1. The van der Waals surface area contributed by atoms with Crippen molar-refractivity contribution in [3.8, 4) is 0 Å². The van der Waals surface area contributed by atoms with Crippen molar-refractivity contribution in [2.75, 3.05) is 5.32 Å². The Bertz CT molecular complexity index is 643. The van der Waals surface area contributed by atoms with E-state index in [9.17, 15) is 14.7 Å². The van der Waals surface area contributed by atoms with Gasteiger partial charge in [0.05, 0.1) is 18.1 Å². The molecule has 0 spiro atoms. The van der Waals surface area contributed by atoms with E-state index in [1.54, 1.807) is 30.4 Å². The van der Waals surface area contributed by atoms with E-state index in [0.29, 0.717) is 10.7 Å². The smallest absolute Gasteiger partial charge is 0.310 e. The van der Waals surface area contributed by atoms with E-state index in [1.165, 1.54) is 0 Å². The molecule has 1 fully saturated rings. The standard InChI is InChI=1S/C15H14ClNO4/c1-7-2-3-8(6-9(7)16)17-14(18)12-10-4-5-11(21-10)13(12)15(19)20/h2-6,10-13H,1H3,(H,17,18)(H,19,20). The Morgan fingerprint density at radius 3 is 2.52 bits per heavy atom. The van der Waals surface area contributed by atoms with Crippen LogP contribution in [0.2, 0.25) is 5.02 Å². The van der Waals surface area contributed by atoms with Gasteiger partial charge in [0.15, 0.2) is 0 Å². The summed E-state index contributed by atoms with van der Waals surface area (Å²) in [6.45, 7) is 1.86. The van der Waals surface area contributed by atoms with Gasteiger partial charge in [-0.1, -0.05) is 29.8 Å². The molecule has 21 heavy (non-hydrogen) atoms. The molecule has 2 aliphatic rings. The number of anilines is 1. The van der Waals surface area contributed by atoms with Crippen LogP contribution in [0.5, 0.6) is 0 Å². The third-order valence-corrected chi connectivity index (χ3v) is 4.33. The number of carboxylic acids is 1. The number of aliphatic carboxylic acids is 1. The van der Waals surface area contributed by atoms with Crippen molar-refractivity contribution in [3.05, 3.63) is 40.9 Å². The van der Waals surface area contributed by atoms with Crippen LogP contribution >= 0.6 is 11.6 Å². The highest BCUT2D eigenvalue weighted by atomic mass is 35.5. The quantitative estimate of drug-likeness (QED) is 0.840. The van der Waals surface area contributed by atoms with Crippen molar-refractivity contribution in [1.82, 2.24) is 0 Å². The molecule has 6 heteroatoms. The highest BCUT2D eigenvalue weighted by Crippen LogP contribution is 2.40. The van der Waals surface area contributed by atoms with Crippen LogP contribution in [0.1, 0.15) is 5.56 Å². The van der Waals surface area contributed by atoms with Crippen LogP contribution in [-0.4, -0.2) is 29.2 Å². The van der Waals surface area contributed by atoms with E-state index in [4.69, 9.17) is 16.3 Å². The van der Waals surface area contributed by atoms with Gasteiger partial charge in [-0.3, -0.25) is 9.59 Å². The first-order chi connectivity index (χ1) is 9.97. The summed E-state index contributed by atoms with van der Waals surface area (Å²) in [4.78, 5) is 23.7. The van der Waals surface area contributed by atoms with E-state index in [2.05, 4.69) is 5.32 Å². The van der Waals surface area contributed by atoms with Gasteiger partial charge in [-0.05, 0) is 24.6 Å². The number of ether oxygens (including phenoxy) is 1. The van der Waals surface area contributed by atoms with E-state index >= 15 is 0 Å². The summed E-state index contributed by atoms with van der Waals surface area (Å²) in [5, 5.41) is 12.6. The number of benzene rings is 1. The summed E-state index contributed by atoms with van der Waals surface area (Å²) in [5.74, 6) is -2.95. The summed E-state index contributed by atoms with van der Waals surface area (Å²) in [6.07, 6.45) is 2.45. The number of aryl methyl sites for hydroxylation is 1. The highest BCUT2D eigenvalue weighted by Gasteiger charge is 2.53. The minimum absolute atomic E-state index is 0.362. The van der Waals surface area contributed by atoms with Gasteiger partial charge in [-0.25, -0.2) is 0 Å². The maximum atomic E-state index is 12.4. The molecule has 1 saturated heterocycles. The summed E-state index contributed by atoms with van der Waals surface area (Å²) in [5.41, 5.74) is 1.45. The van der Waals surface area contributed by atoms with Crippen molar-refractivity contribution in [2.24, 2.45) is 11.8 Å².